The lowest BCUT2D eigenvalue weighted by atomic mass is 10.2. The predicted molar refractivity (Wildman–Crippen MR) is 61.3 cm³/mol. The molecule has 4 nitrogen and oxygen atoms in total. The van der Waals surface area contributed by atoms with Crippen LogP contribution < -0.4 is 5.32 Å². The molecule has 0 aliphatic carbocycles. The van der Waals surface area contributed by atoms with Crippen molar-refractivity contribution in [3.05, 3.63) is 35.9 Å². The van der Waals surface area contributed by atoms with E-state index in [1.807, 2.05) is 18.2 Å². The average molecular weight is 223 g/mol. The van der Waals surface area contributed by atoms with Gasteiger partial charge < -0.3 is 15.2 Å². The molecule has 0 heterocycles. The van der Waals surface area contributed by atoms with Crippen LogP contribution in [0.15, 0.2) is 30.3 Å². The second-order valence-corrected chi connectivity index (χ2v) is 3.31. The summed E-state index contributed by atoms with van der Waals surface area (Å²) in [5, 5.41) is 11.3. The van der Waals surface area contributed by atoms with E-state index in [0.29, 0.717) is 25.3 Å². The van der Waals surface area contributed by atoms with Gasteiger partial charge in [0.25, 0.3) is 5.91 Å². The van der Waals surface area contributed by atoms with Gasteiger partial charge in [0.05, 0.1) is 13.2 Å². The van der Waals surface area contributed by atoms with Crippen molar-refractivity contribution >= 4 is 5.91 Å². The maximum atomic E-state index is 11.5. The summed E-state index contributed by atoms with van der Waals surface area (Å²) >= 11 is 0. The van der Waals surface area contributed by atoms with Gasteiger partial charge in [-0.2, -0.15) is 0 Å². The number of nitrogens with one attached hydrogen (secondary N) is 1. The Morgan fingerprint density at radius 1 is 1.25 bits per heavy atom. The molecule has 0 spiro atoms. The summed E-state index contributed by atoms with van der Waals surface area (Å²) in [5.41, 5.74) is 0.666. The molecule has 0 radical (unpaired) electrons. The molecule has 0 unspecified atom stereocenters. The Kier molecular flexibility index (Phi) is 6.22. The first-order chi connectivity index (χ1) is 7.84. The first-order valence-corrected chi connectivity index (χ1v) is 5.36. The SMILES string of the molecule is O=C(NCCCOCCO)c1ccccc1. The molecule has 16 heavy (non-hydrogen) atoms. The van der Waals surface area contributed by atoms with Crippen molar-refractivity contribution in [1.82, 2.24) is 5.32 Å². The van der Waals surface area contributed by atoms with Crippen LogP contribution in [0, 0.1) is 0 Å². The van der Waals surface area contributed by atoms with Crippen molar-refractivity contribution in [2.24, 2.45) is 0 Å². The zero-order valence-electron chi connectivity index (χ0n) is 9.19. The molecule has 1 rings (SSSR count). The molecule has 0 bridgehead atoms. The number of carbonyl (C=O) groups excluding carboxylic acids is 1. The fourth-order valence-corrected chi connectivity index (χ4v) is 1.23. The molecule has 0 aromatic heterocycles. The van der Waals surface area contributed by atoms with Crippen LogP contribution in [0.4, 0.5) is 0 Å². The smallest absolute Gasteiger partial charge is 0.251 e. The van der Waals surface area contributed by atoms with Gasteiger partial charge in [-0.05, 0) is 18.6 Å². The topological polar surface area (TPSA) is 58.6 Å². The van der Waals surface area contributed by atoms with Gasteiger partial charge in [-0.1, -0.05) is 18.2 Å². The highest BCUT2D eigenvalue weighted by Gasteiger charge is 2.02. The number of amides is 1. The third kappa shape index (κ3) is 4.91. The highest BCUT2D eigenvalue weighted by Crippen LogP contribution is 1.97. The molecule has 0 saturated carbocycles. The fraction of sp³-hybridized carbons (Fsp3) is 0.417. The van der Waals surface area contributed by atoms with Gasteiger partial charge in [-0.3, -0.25) is 4.79 Å². The highest BCUT2D eigenvalue weighted by molar-refractivity contribution is 5.94. The molecule has 0 aliphatic heterocycles. The van der Waals surface area contributed by atoms with E-state index in [2.05, 4.69) is 5.32 Å². The molecular formula is C12H17NO3. The van der Waals surface area contributed by atoms with Crippen LogP contribution in [0.25, 0.3) is 0 Å². The minimum Gasteiger partial charge on any atom is -0.394 e. The van der Waals surface area contributed by atoms with Crippen LogP contribution in [0.3, 0.4) is 0 Å². The van der Waals surface area contributed by atoms with Crippen LogP contribution in [0.2, 0.25) is 0 Å². The molecule has 1 aromatic carbocycles. The van der Waals surface area contributed by atoms with Gasteiger partial charge in [0.15, 0.2) is 0 Å². The molecular weight excluding hydrogens is 206 g/mol. The van der Waals surface area contributed by atoms with Crippen molar-refractivity contribution in [1.29, 1.82) is 0 Å². The third-order valence-electron chi connectivity index (χ3n) is 2.02. The number of aliphatic hydroxyl groups is 1. The minimum atomic E-state index is -0.0669. The molecule has 0 fully saturated rings. The third-order valence-corrected chi connectivity index (χ3v) is 2.02. The van der Waals surface area contributed by atoms with Crippen LogP contribution in [-0.2, 0) is 4.74 Å². The van der Waals surface area contributed by atoms with E-state index in [9.17, 15) is 4.79 Å². The largest absolute Gasteiger partial charge is 0.394 e. The summed E-state index contributed by atoms with van der Waals surface area (Å²) in [6.07, 6.45) is 0.749. The summed E-state index contributed by atoms with van der Waals surface area (Å²) in [6.45, 7) is 1.53. The van der Waals surface area contributed by atoms with E-state index in [1.165, 1.54) is 0 Å². The quantitative estimate of drug-likeness (QED) is 0.673. The molecule has 2 N–H and O–H groups in total. The monoisotopic (exact) mass is 223 g/mol. The number of aliphatic hydroxyl groups excluding tert-OH is 1. The maximum Gasteiger partial charge on any atom is 0.251 e. The number of carbonyl (C=O) groups is 1. The summed E-state index contributed by atoms with van der Waals surface area (Å²) in [4.78, 5) is 11.5. The Morgan fingerprint density at radius 3 is 2.69 bits per heavy atom. The van der Waals surface area contributed by atoms with E-state index in [0.717, 1.165) is 6.42 Å². The van der Waals surface area contributed by atoms with Crippen molar-refractivity contribution in [2.45, 2.75) is 6.42 Å². The standard InChI is InChI=1S/C12H17NO3/c14-8-10-16-9-4-7-13-12(15)11-5-2-1-3-6-11/h1-3,5-6,14H,4,7-10H2,(H,13,15). The predicted octanol–water partition coefficient (Wildman–Crippen LogP) is 0.815. The van der Waals surface area contributed by atoms with Crippen molar-refractivity contribution in [3.8, 4) is 0 Å². The Bertz CT molecular complexity index is 300. The van der Waals surface area contributed by atoms with Crippen LogP contribution in [0.1, 0.15) is 16.8 Å². The Morgan fingerprint density at radius 2 is 2.00 bits per heavy atom. The van der Waals surface area contributed by atoms with Gasteiger partial charge in [-0.15, -0.1) is 0 Å². The lowest BCUT2D eigenvalue weighted by Gasteiger charge is -2.05. The van der Waals surface area contributed by atoms with Crippen molar-refractivity contribution in [3.63, 3.8) is 0 Å². The molecule has 1 aromatic rings. The second kappa shape index (κ2) is 7.84. The van der Waals surface area contributed by atoms with Crippen LogP contribution in [-0.4, -0.2) is 37.4 Å². The molecule has 0 aliphatic rings. The summed E-state index contributed by atoms with van der Waals surface area (Å²) in [7, 11) is 0. The molecule has 0 atom stereocenters. The zero-order valence-corrected chi connectivity index (χ0v) is 9.19. The summed E-state index contributed by atoms with van der Waals surface area (Å²) in [6, 6.07) is 9.09. The van der Waals surface area contributed by atoms with Crippen LogP contribution >= 0.6 is 0 Å². The number of rotatable bonds is 7. The van der Waals surface area contributed by atoms with Gasteiger partial charge in [0.1, 0.15) is 0 Å². The first-order valence-electron chi connectivity index (χ1n) is 5.36. The van der Waals surface area contributed by atoms with Crippen molar-refractivity contribution in [2.75, 3.05) is 26.4 Å². The van der Waals surface area contributed by atoms with Crippen molar-refractivity contribution < 1.29 is 14.6 Å². The maximum absolute atomic E-state index is 11.5. The Hall–Kier alpha value is -1.39. The minimum absolute atomic E-state index is 0.0381. The van der Waals surface area contributed by atoms with Gasteiger partial charge in [-0.25, -0.2) is 0 Å². The molecule has 0 saturated heterocycles. The molecule has 4 heteroatoms. The lowest BCUT2D eigenvalue weighted by molar-refractivity contribution is 0.0867. The van der Waals surface area contributed by atoms with Gasteiger partial charge in [0, 0.05) is 18.7 Å². The Balaban J connectivity index is 2.12. The zero-order chi connectivity index (χ0) is 11.6. The van der Waals surface area contributed by atoms with Gasteiger partial charge in [0.2, 0.25) is 0 Å². The molecule has 1 amide bonds. The van der Waals surface area contributed by atoms with E-state index in [-0.39, 0.29) is 12.5 Å². The average Bonchev–Trinajstić information content (AvgIpc) is 2.34. The van der Waals surface area contributed by atoms with E-state index >= 15 is 0 Å². The van der Waals surface area contributed by atoms with E-state index < -0.39 is 0 Å². The van der Waals surface area contributed by atoms with Crippen LogP contribution in [0.5, 0.6) is 0 Å². The Labute approximate surface area is 95.2 Å². The normalized spacial score (nSPS) is 10.1. The van der Waals surface area contributed by atoms with E-state index in [4.69, 9.17) is 9.84 Å². The number of hydrogen-bond acceptors (Lipinski definition) is 3. The van der Waals surface area contributed by atoms with E-state index in [1.54, 1.807) is 12.1 Å². The first kappa shape index (κ1) is 12.7. The lowest BCUT2D eigenvalue weighted by Crippen LogP contribution is -2.25. The number of ether oxygens (including phenoxy) is 1. The second-order valence-electron chi connectivity index (χ2n) is 3.31. The van der Waals surface area contributed by atoms with Gasteiger partial charge >= 0.3 is 0 Å². The fourth-order valence-electron chi connectivity index (χ4n) is 1.23. The molecule has 88 valence electrons. The number of hydrogen-bond donors (Lipinski definition) is 2. The summed E-state index contributed by atoms with van der Waals surface area (Å²) < 4.78 is 5.07. The number of benzene rings is 1. The highest BCUT2D eigenvalue weighted by atomic mass is 16.5. The summed E-state index contributed by atoms with van der Waals surface area (Å²) in [5.74, 6) is -0.0669.